The number of amides is 2. The molecule has 24 heavy (non-hydrogen) atoms. The van der Waals surface area contributed by atoms with Crippen LogP contribution in [0.4, 0.5) is 0 Å². The maximum Gasteiger partial charge on any atom is 0.247 e. The van der Waals surface area contributed by atoms with E-state index in [1.54, 1.807) is 0 Å². The molecule has 1 aromatic carbocycles. The smallest absolute Gasteiger partial charge is 0.247 e. The Hall–Kier alpha value is -1.88. The van der Waals surface area contributed by atoms with Crippen LogP contribution in [-0.2, 0) is 16.1 Å². The van der Waals surface area contributed by atoms with Gasteiger partial charge >= 0.3 is 0 Å². The van der Waals surface area contributed by atoms with Crippen molar-refractivity contribution in [1.29, 1.82) is 0 Å². The molecule has 0 spiro atoms. The minimum atomic E-state index is -0.286. The van der Waals surface area contributed by atoms with E-state index >= 15 is 0 Å². The molecule has 0 N–H and O–H groups in total. The minimum Gasteiger partial charge on any atom is -0.329 e. The van der Waals surface area contributed by atoms with Crippen LogP contribution < -0.4 is 0 Å². The van der Waals surface area contributed by atoms with Gasteiger partial charge in [-0.05, 0) is 37.8 Å². The molecular weight excluding hydrogens is 302 g/mol. The Labute approximate surface area is 143 Å². The normalized spacial score (nSPS) is 27.4. The third-order valence-corrected chi connectivity index (χ3v) is 5.75. The third-order valence-electron chi connectivity index (χ3n) is 5.75. The number of aryl methyl sites for hydroxylation is 2. The highest BCUT2D eigenvalue weighted by molar-refractivity contribution is 5.97. The van der Waals surface area contributed by atoms with Crippen molar-refractivity contribution in [3.05, 3.63) is 34.9 Å². The van der Waals surface area contributed by atoms with Gasteiger partial charge in [0.15, 0.2) is 0 Å². The summed E-state index contributed by atoms with van der Waals surface area (Å²) >= 11 is 0. The van der Waals surface area contributed by atoms with E-state index < -0.39 is 0 Å². The standard InChI is InChI=1S/C19H25N3O2/c1-13-5-6-15(14(2)10-13)11-20-8-9-22-17(12-20)19(24)21-7-3-4-16(21)18(22)23/h5-6,10,16-17H,3-4,7-9,11-12H2,1-2H3/t16-,17-/m1/s1. The molecule has 1 aromatic rings. The lowest BCUT2D eigenvalue weighted by Gasteiger charge is -2.47. The zero-order valence-electron chi connectivity index (χ0n) is 14.5. The van der Waals surface area contributed by atoms with E-state index in [0.29, 0.717) is 13.1 Å². The van der Waals surface area contributed by atoms with E-state index in [1.807, 2.05) is 9.80 Å². The molecule has 0 bridgehead atoms. The van der Waals surface area contributed by atoms with Gasteiger partial charge in [0.05, 0.1) is 0 Å². The molecule has 0 radical (unpaired) electrons. The fraction of sp³-hybridized carbons (Fsp3) is 0.579. The van der Waals surface area contributed by atoms with Crippen LogP contribution in [0.5, 0.6) is 0 Å². The number of carbonyl (C=O) groups excluding carboxylic acids is 2. The average Bonchev–Trinajstić information content (AvgIpc) is 3.05. The molecule has 0 aliphatic carbocycles. The van der Waals surface area contributed by atoms with Crippen LogP contribution in [0, 0.1) is 13.8 Å². The molecular formula is C19H25N3O2. The lowest BCUT2D eigenvalue weighted by Crippen LogP contribution is -2.68. The van der Waals surface area contributed by atoms with Crippen molar-refractivity contribution in [2.75, 3.05) is 26.2 Å². The summed E-state index contributed by atoms with van der Waals surface area (Å²) in [5, 5.41) is 0. The maximum absolute atomic E-state index is 12.8. The third kappa shape index (κ3) is 2.51. The Kier molecular flexibility index (Phi) is 3.83. The highest BCUT2D eigenvalue weighted by Gasteiger charge is 2.49. The molecule has 3 aliphatic rings. The van der Waals surface area contributed by atoms with Gasteiger partial charge in [-0.15, -0.1) is 0 Å². The van der Waals surface area contributed by atoms with Crippen LogP contribution >= 0.6 is 0 Å². The van der Waals surface area contributed by atoms with Gasteiger partial charge in [-0.3, -0.25) is 14.5 Å². The second-order valence-electron chi connectivity index (χ2n) is 7.40. The Bertz CT molecular complexity index is 687. The van der Waals surface area contributed by atoms with Crippen LogP contribution in [0.1, 0.15) is 29.5 Å². The number of nitrogens with zero attached hydrogens (tertiary/aromatic N) is 3. The summed E-state index contributed by atoms with van der Waals surface area (Å²) in [6.07, 6.45) is 1.79. The zero-order valence-corrected chi connectivity index (χ0v) is 14.5. The van der Waals surface area contributed by atoms with Crippen molar-refractivity contribution in [3.63, 3.8) is 0 Å². The van der Waals surface area contributed by atoms with Crippen LogP contribution in [0.2, 0.25) is 0 Å². The summed E-state index contributed by atoms with van der Waals surface area (Å²) in [4.78, 5) is 31.4. The van der Waals surface area contributed by atoms with Crippen LogP contribution in [0.25, 0.3) is 0 Å². The molecule has 3 saturated heterocycles. The molecule has 0 aromatic heterocycles. The van der Waals surface area contributed by atoms with E-state index in [-0.39, 0.29) is 23.9 Å². The van der Waals surface area contributed by atoms with E-state index in [4.69, 9.17) is 0 Å². The highest BCUT2D eigenvalue weighted by atomic mass is 16.2. The van der Waals surface area contributed by atoms with Gasteiger partial charge in [-0.1, -0.05) is 23.8 Å². The van der Waals surface area contributed by atoms with Gasteiger partial charge < -0.3 is 9.80 Å². The SMILES string of the molecule is Cc1ccc(CN2CCN3C(=O)[C@H]4CCCN4C(=O)[C@H]3C2)c(C)c1. The van der Waals surface area contributed by atoms with Crippen molar-refractivity contribution < 1.29 is 9.59 Å². The zero-order chi connectivity index (χ0) is 16.8. The van der Waals surface area contributed by atoms with Gasteiger partial charge in [0, 0.05) is 32.7 Å². The second kappa shape index (κ2) is 5.88. The molecule has 5 nitrogen and oxygen atoms in total. The van der Waals surface area contributed by atoms with Crippen molar-refractivity contribution in [3.8, 4) is 0 Å². The number of carbonyl (C=O) groups is 2. The average molecular weight is 327 g/mol. The lowest BCUT2D eigenvalue weighted by atomic mass is 10.0. The summed E-state index contributed by atoms with van der Waals surface area (Å²) in [5.41, 5.74) is 3.87. The Morgan fingerprint density at radius 1 is 1.00 bits per heavy atom. The van der Waals surface area contributed by atoms with Gasteiger partial charge in [0.2, 0.25) is 11.8 Å². The van der Waals surface area contributed by atoms with Crippen molar-refractivity contribution >= 4 is 11.8 Å². The van der Waals surface area contributed by atoms with Crippen LogP contribution in [0.15, 0.2) is 18.2 Å². The topological polar surface area (TPSA) is 43.9 Å². The highest BCUT2D eigenvalue weighted by Crippen LogP contribution is 2.29. The first-order valence-electron chi connectivity index (χ1n) is 8.94. The summed E-state index contributed by atoms with van der Waals surface area (Å²) in [6, 6.07) is 6.06. The molecule has 0 saturated carbocycles. The number of fused-ring (bicyclic) bond motifs is 2. The number of hydrogen-bond donors (Lipinski definition) is 0. The van der Waals surface area contributed by atoms with Gasteiger partial charge in [-0.25, -0.2) is 0 Å². The van der Waals surface area contributed by atoms with Crippen molar-refractivity contribution in [2.45, 2.75) is 45.3 Å². The summed E-state index contributed by atoms with van der Waals surface area (Å²) in [7, 11) is 0. The fourth-order valence-corrected chi connectivity index (χ4v) is 4.39. The van der Waals surface area contributed by atoms with Gasteiger partial charge in [0.25, 0.3) is 0 Å². The van der Waals surface area contributed by atoms with Gasteiger partial charge in [0.1, 0.15) is 12.1 Å². The first kappa shape index (κ1) is 15.6. The molecule has 2 amide bonds. The number of piperazine rings is 2. The molecule has 3 aliphatic heterocycles. The monoisotopic (exact) mass is 327 g/mol. The number of hydrogen-bond acceptors (Lipinski definition) is 3. The lowest BCUT2D eigenvalue weighted by molar-refractivity contribution is -0.163. The maximum atomic E-state index is 12.8. The van der Waals surface area contributed by atoms with Crippen molar-refractivity contribution in [2.24, 2.45) is 0 Å². The molecule has 128 valence electrons. The summed E-state index contributed by atoms with van der Waals surface area (Å²) in [5.74, 6) is 0.325. The molecule has 3 heterocycles. The quantitative estimate of drug-likeness (QED) is 0.823. The molecule has 2 atom stereocenters. The molecule has 0 unspecified atom stereocenters. The first-order valence-corrected chi connectivity index (χ1v) is 8.94. The van der Waals surface area contributed by atoms with E-state index in [2.05, 4.69) is 36.9 Å². The predicted octanol–water partition coefficient (Wildman–Crippen LogP) is 1.32. The minimum absolute atomic E-state index is 0.155. The number of rotatable bonds is 2. The number of benzene rings is 1. The second-order valence-corrected chi connectivity index (χ2v) is 7.40. The summed E-state index contributed by atoms with van der Waals surface area (Å²) < 4.78 is 0. The first-order chi connectivity index (χ1) is 11.5. The van der Waals surface area contributed by atoms with Gasteiger partial charge in [-0.2, -0.15) is 0 Å². The van der Waals surface area contributed by atoms with Crippen LogP contribution in [-0.4, -0.2) is 64.8 Å². The van der Waals surface area contributed by atoms with E-state index in [9.17, 15) is 9.59 Å². The molecule has 4 rings (SSSR count). The Morgan fingerprint density at radius 2 is 1.75 bits per heavy atom. The summed E-state index contributed by atoms with van der Waals surface area (Å²) in [6.45, 7) is 8.01. The predicted molar refractivity (Wildman–Crippen MR) is 91.4 cm³/mol. The van der Waals surface area contributed by atoms with Crippen molar-refractivity contribution in [1.82, 2.24) is 14.7 Å². The van der Waals surface area contributed by atoms with Crippen LogP contribution in [0.3, 0.4) is 0 Å². The molecule has 3 fully saturated rings. The van der Waals surface area contributed by atoms with E-state index in [1.165, 1.54) is 16.7 Å². The van der Waals surface area contributed by atoms with E-state index in [0.717, 1.165) is 32.5 Å². The largest absolute Gasteiger partial charge is 0.329 e. The Balaban J connectivity index is 1.50. The fourth-order valence-electron chi connectivity index (χ4n) is 4.39. The Morgan fingerprint density at radius 3 is 2.54 bits per heavy atom. The molecule has 5 heteroatoms.